The zero-order valence-corrected chi connectivity index (χ0v) is 18.2. The molecule has 0 aromatic heterocycles. The fourth-order valence-corrected chi connectivity index (χ4v) is 4.72. The number of alkyl halides is 1. The molecule has 0 spiro atoms. The summed E-state index contributed by atoms with van der Waals surface area (Å²) in [5.74, 6) is -0.937. The van der Waals surface area contributed by atoms with Crippen molar-refractivity contribution in [1.29, 1.82) is 0 Å². The van der Waals surface area contributed by atoms with Gasteiger partial charge in [-0.1, -0.05) is 67.8 Å². The zero-order valence-electron chi connectivity index (χ0n) is 13.3. The molecule has 0 aliphatic carbocycles. The minimum Gasteiger partial charge on any atom is -0.481 e. The Labute approximate surface area is 158 Å². The molecule has 0 saturated heterocycles. The van der Waals surface area contributed by atoms with Crippen molar-refractivity contribution in [3.63, 3.8) is 0 Å². The van der Waals surface area contributed by atoms with Gasteiger partial charge in [0.25, 0.3) is 0 Å². The van der Waals surface area contributed by atoms with Gasteiger partial charge in [-0.3, -0.25) is 4.79 Å². The molecular weight excluding hydrogens is 427 g/mol. The maximum Gasteiger partial charge on any atom is 0.341 e. The minimum atomic E-state index is -2.40. The molecule has 0 aromatic carbocycles. The molecule has 0 aliphatic heterocycles. The lowest BCUT2D eigenvalue weighted by Gasteiger charge is -2.11. The molecule has 1 N–H and O–H groups in total. The van der Waals surface area contributed by atoms with E-state index in [1.54, 1.807) is 6.92 Å². The first-order valence-corrected chi connectivity index (χ1v) is 14.3. The number of hydrogen-bond acceptors (Lipinski definition) is 1. The Bertz CT molecular complexity index is 301. The van der Waals surface area contributed by atoms with Gasteiger partial charge in [-0.25, -0.2) is 0 Å². The van der Waals surface area contributed by atoms with Crippen LogP contribution in [0.25, 0.3) is 0 Å². The predicted octanol–water partition coefficient (Wildman–Crippen LogP) is 7.03. The average Bonchev–Trinajstić information content (AvgIpc) is 2.41. The van der Waals surface area contributed by atoms with E-state index in [4.69, 9.17) is 38.3 Å². The predicted molar refractivity (Wildman–Crippen MR) is 104 cm³/mol. The SMILES string of the molecule is CC(CCC(Br)CCCCCCCCC[Si](Cl)(Cl)Cl)C(=O)O. The Morgan fingerprint density at radius 2 is 1.45 bits per heavy atom. The van der Waals surface area contributed by atoms with E-state index < -0.39 is 12.0 Å². The third-order valence-corrected chi connectivity index (χ3v) is 7.35. The van der Waals surface area contributed by atoms with E-state index in [0.717, 1.165) is 38.1 Å². The monoisotopic (exact) mass is 452 g/mol. The second-order valence-electron chi connectivity index (χ2n) is 6.04. The second-order valence-corrected chi connectivity index (χ2v) is 16.6. The highest BCUT2D eigenvalue weighted by atomic mass is 79.9. The molecule has 132 valence electrons. The average molecular weight is 455 g/mol. The number of aliphatic carboxylic acids is 1. The van der Waals surface area contributed by atoms with Crippen LogP contribution < -0.4 is 0 Å². The maximum atomic E-state index is 10.7. The third kappa shape index (κ3) is 15.9. The Morgan fingerprint density at radius 3 is 1.95 bits per heavy atom. The fourth-order valence-electron chi connectivity index (χ4n) is 2.27. The Morgan fingerprint density at radius 1 is 0.955 bits per heavy atom. The molecule has 0 heterocycles. The van der Waals surface area contributed by atoms with Crippen LogP contribution in [0.3, 0.4) is 0 Å². The van der Waals surface area contributed by atoms with Crippen LogP contribution in [0, 0.1) is 5.92 Å². The summed E-state index contributed by atoms with van der Waals surface area (Å²) in [5, 5.41) is 8.84. The van der Waals surface area contributed by atoms with Gasteiger partial charge in [0, 0.05) is 4.83 Å². The molecule has 0 rings (SSSR count). The highest BCUT2D eigenvalue weighted by Gasteiger charge is 2.23. The third-order valence-electron chi connectivity index (χ3n) is 3.81. The first-order valence-electron chi connectivity index (χ1n) is 8.16. The van der Waals surface area contributed by atoms with Crippen LogP contribution >= 0.6 is 49.2 Å². The first-order chi connectivity index (χ1) is 10.2. The van der Waals surface area contributed by atoms with E-state index in [2.05, 4.69) is 15.9 Å². The highest BCUT2D eigenvalue weighted by Crippen LogP contribution is 2.27. The molecule has 0 saturated carbocycles. The number of carboxylic acid groups (broad SMARTS) is 1. The zero-order chi connectivity index (χ0) is 17.0. The summed E-state index contributed by atoms with van der Waals surface area (Å²) in [6.45, 7) is 1.77. The molecule has 0 radical (unpaired) electrons. The molecule has 22 heavy (non-hydrogen) atoms. The van der Waals surface area contributed by atoms with E-state index in [0.29, 0.717) is 4.83 Å². The number of unbranched alkanes of at least 4 members (excludes halogenated alkanes) is 6. The summed E-state index contributed by atoms with van der Waals surface area (Å²) in [4.78, 5) is 11.2. The number of halogens is 4. The molecule has 0 bridgehead atoms. The molecular formula is C15H28BrCl3O2Si. The lowest BCUT2D eigenvalue weighted by molar-refractivity contribution is -0.141. The van der Waals surface area contributed by atoms with Crippen LogP contribution in [-0.2, 0) is 4.79 Å². The van der Waals surface area contributed by atoms with Gasteiger partial charge in [0.2, 0.25) is 0 Å². The van der Waals surface area contributed by atoms with Crippen LogP contribution in [0.4, 0.5) is 0 Å². The van der Waals surface area contributed by atoms with Crippen LogP contribution in [0.1, 0.15) is 71.1 Å². The summed E-state index contributed by atoms with van der Waals surface area (Å²) in [6.07, 6.45) is 11.2. The quantitative estimate of drug-likeness (QED) is 0.132. The van der Waals surface area contributed by atoms with E-state index in [1.807, 2.05) is 0 Å². The smallest absolute Gasteiger partial charge is 0.341 e. The number of carbonyl (C=O) groups is 1. The van der Waals surface area contributed by atoms with Crippen molar-refractivity contribution in [2.75, 3.05) is 0 Å². The van der Waals surface area contributed by atoms with Crippen molar-refractivity contribution in [1.82, 2.24) is 0 Å². The van der Waals surface area contributed by atoms with Gasteiger partial charge in [-0.15, -0.1) is 33.2 Å². The van der Waals surface area contributed by atoms with E-state index in [9.17, 15) is 4.79 Å². The normalized spacial score (nSPS) is 14.8. The molecule has 7 heteroatoms. The lowest BCUT2D eigenvalue weighted by atomic mass is 10.0. The summed E-state index contributed by atoms with van der Waals surface area (Å²) in [7, 11) is 0. The maximum absolute atomic E-state index is 10.7. The Balaban J connectivity index is 3.33. The second kappa shape index (κ2) is 13.3. The Hall–Kier alpha value is 1.04. The van der Waals surface area contributed by atoms with Crippen molar-refractivity contribution in [2.24, 2.45) is 5.92 Å². The largest absolute Gasteiger partial charge is 0.481 e. The van der Waals surface area contributed by atoms with Gasteiger partial charge < -0.3 is 5.11 Å². The van der Waals surface area contributed by atoms with Gasteiger partial charge in [-0.05, 0) is 25.3 Å². The molecule has 0 amide bonds. The summed E-state index contributed by atoms with van der Waals surface area (Å²) in [5.41, 5.74) is 0. The number of rotatable bonds is 14. The van der Waals surface area contributed by atoms with Gasteiger partial charge in [0.05, 0.1) is 5.92 Å². The van der Waals surface area contributed by atoms with Gasteiger partial charge in [0.15, 0.2) is 0 Å². The van der Waals surface area contributed by atoms with Crippen LogP contribution in [-0.4, -0.2) is 21.9 Å². The van der Waals surface area contributed by atoms with Gasteiger partial charge in [0.1, 0.15) is 0 Å². The summed E-state index contributed by atoms with van der Waals surface area (Å²) < 4.78 is 0. The van der Waals surface area contributed by atoms with Crippen molar-refractivity contribution in [3.8, 4) is 0 Å². The molecule has 2 atom stereocenters. The van der Waals surface area contributed by atoms with Crippen LogP contribution in [0.2, 0.25) is 6.04 Å². The summed E-state index contributed by atoms with van der Waals surface area (Å²) in [6, 6.07) is -1.62. The summed E-state index contributed by atoms with van der Waals surface area (Å²) >= 11 is 21.2. The van der Waals surface area contributed by atoms with Crippen LogP contribution in [0.15, 0.2) is 0 Å². The topological polar surface area (TPSA) is 37.3 Å². The van der Waals surface area contributed by atoms with E-state index in [-0.39, 0.29) is 5.92 Å². The van der Waals surface area contributed by atoms with Crippen molar-refractivity contribution in [2.45, 2.75) is 82.0 Å². The molecule has 0 aliphatic rings. The number of hydrogen-bond donors (Lipinski definition) is 1. The van der Waals surface area contributed by atoms with Crippen LogP contribution in [0.5, 0.6) is 0 Å². The molecule has 2 unspecified atom stereocenters. The van der Waals surface area contributed by atoms with Crippen molar-refractivity contribution >= 4 is 61.1 Å². The minimum absolute atomic E-state index is 0.240. The Kier molecular flexibility index (Phi) is 14.0. The first kappa shape index (κ1) is 23.0. The standard InChI is InChI=1S/C15H28BrCl3O2Si/c1-13(15(20)21)10-11-14(16)9-7-5-3-2-4-6-8-12-22(17,18)19/h13-14H,2-12H2,1H3,(H,20,21). The molecule has 0 fully saturated rings. The molecule has 2 nitrogen and oxygen atoms in total. The van der Waals surface area contributed by atoms with Gasteiger partial charge in [-0.2, -0.15) is 0 Å². The van der Waals surface area contributed by atoms with E-state index >= 15 is 0 Å². The van der Waals surface area contributed by atoms with Crippen molar-refractivity contribution in [3.05, 3.63) is 0 Å². The van der Waals surface area contributed by atoms with Crippen molar-refractivity contribution < 1.29 is 9.90 Å². The molecule has 0 aromatic rings. The highest BCUT2D eigenvalue weighted by molar-refractivity contribution is 9.09. The van der Waals surface area contributed by atoms with Gasteiger partial charge >= 0.3 is 12.0 Å². The lowest BCUT2D eigenvalue weighted by Crippen LogP contribution is -2.11. The van der Waals surface area contributed by atoms with E-state index in [1.165, 1.54) is 32.1 Å². The fraction of sp³-hybridized carbons (Fsp3) is 0.933. The number of carboxylic acids is 1.